The summed E-state index contributed by atoms with van der Waals surface area (Å²) in [6.45, 7) is 2.49. The van der Waals surface area contributed by atoms with Crippen molar-refractivity contribution < 1.29 is 23.8 Å². The molecule has 0 unspecified atom stereocenters. The van der Waals surface area contributed by atoms with E-state index in [4.69, 9.17) is 14.2 Å². The predicted octanol–water partition coefficient (Wildman–Crippen LogP) is 2.23. The molecule has 0 N–H and O–H groups in total. The van der Waals surface area contributed by atoms with Gasteiger partial charge in [0.25, 0.3) is 0 Å². The second-order valence-electron chi connectivity index (χ2n) is 5.27. The fourth-order valence-electron chi connectivity index (χ4n) is 2.05. The van der Waals surface area contributed by atoms with Crippen molar-refractivity contribution in [2.75, 3.05) is 27.4 Å². The summed E-state index contributed by atoms with van der Waals surface area (Å²) in [6, 6.07) is 9.42. The van der Waals surface area contributed by atoms with Crippen molar-refractivity contribution >= 4 is 11.8 Å². The van der Waals surface area contributed by atoms with Gasteiger partial charge in [-0.15, -0.1) is 0 Å². The van der Waals surface area contributed by atoms with Gasteiger partial charge in [-0.05, 0) is 5.56 Å². The Morgan fingerprint density at radius 1 is 1.05 bits per heavy atom. The van der Waals surface area contributed by atoms with Crippen LogP contribution in [0.4, 0.5) is 0 Å². The third-order valence-corrected chi connectivity index (χ3v) is 3.34. The predicted molar refractivity (Wildman–Crippen MR) is 82.3 cm³/mol. The summed E-state index contributed by atoms with van der Waals surface area (Å²) >= 11 is 0. The van der Waals surface area contributed by atoms with Crippen LogP contribution in [0.2, 0.25) is 0 Å². The van der Waals surface area contributed by atoms with Gasteiger partial charge in [0.15, 0.2) is 0 Å². The Hall–Kier alpha value is -1.72. The number of benzene rings is 1. The molecule has 0 aliphatic rings. The summed E-state index contributed by atoms with van der Waals surface area (Å²) < 4.78 is 15.3. The van der Waals surface area contributed by atoms with Crippen LogP contribution in [-0.4, -0.2) is 39.2 Å². The molecule has 0 radical (unpaired) electrons. The lowest BCUT2D eigenvalue weighted by Gasteiger charge is -2.17. The van der Waals surface area contributed by atoms with Gasteiger partial charge in [0.2, 0.25) is 0 Å². The molecule has 0 spiro atoms. The molecule has 122 valence electrons. The van der Waals surface area contributed by atoms with E-state index in [1.165, 1.54) is 7.11 Å². The second kappa shape index (κ2) is 10.1. The maximum Gasteiger partial charge on any atom is 0.312 e. The lowest BCUT2D eigenvalue weighted by Crippen LogP contribution is -2.28. The summed E-state index contributed by atoms with van der Waals surface area (Å²) in [5.74, 6) is -1.27. The minimum atomic E-state index is -0.583. The topological polar surface area (TPSA) is 61.8 Å². The van der Waals surface area contributed by atoms with Crippen LogP contribution >= 0.6 is 0 Å². The van der Waals surface area contributed by atoms with Crippen molar-refractivity contribution in [3.63, 3.8) is 0 Å². The van der Waals surface area contributed by atoms with Gasteiger partial charge in [-0.1, -0.05) is 37.3 Å². The molecular weight excluding hydrogens is 284 g/mol. The van der Waals surface area contributed by atoms with Crippen LogP contribution in [0, 0.1) is 11.8 Å². The number of rotatable bonds is 10. The molecule has 0 heterocycles. The van der Waals surface area contributed by atoms with E-state index in [2.05, 4.69) is 0 Å². The van der Waals surface area contributed by atoms with Gasteiger partial charge in [0.1, 0.15) is 12.4 Å². The van der Waals surface area contributed by atoms with Gasteiger partial charge >= 0.3 is 5.97 Å². The van der Waals surface area contributed by atoms with Crippen molar-refractivity contribution in [3.8, 4) is 0 Å². The SMILES string of the molecule is COC[C@H](CC(=O)[C@@H](C)COC)C(=O)OCc1ccccc1. The maximum absolute atomic E-state index is 12.1. The van der Waals surface area contributed by atoms with Crippen LogP contribution < -0.4 is 0 Å². The molecule has 5 nitrogen and oxygen atoms in total. The minimum absolute atomic E-state index is 0.0273. The van der Waals surface area contributed by atoms with Crippen LogP contribution in [-0.2, 0) is 30.4 Å². The zero-order chi connectivity index (χ0) is 16.4. The molecule has 1 aromatic rings. The zero-order valence-electron chi connectivity index (χ0n) is 13.4. The molecule has 0 saturated carbocycles. The van der Waals surface area contributed by atoms with E-state index in [0.29, 0.717) is 6.61 Å². The number of esters is 1. The molecule has 0 aliphatic heterocycles. The van der Waals surface area contributed by atoms with E-state index >= 15 is 0 Å². The van der Waals surface area contributed by atoms with Gasteiger partial charge in [0.05, 0.1) is 19.1 Å². The number of ether oxygens (including phenoxy) is 3. The van der Waals surface area contributed by atoms with Gasteiger partial charge in [-0.25, -0.2) is 0 Å². The first kappa shape index (κ1) is 18.3. The standard InChI is InChI=1S/C17H24O5/c1-13(10-20-2)16(18)9-15(12-21-3)17(19)22-11-14-7-5-4-6-8-14/h4-8,13,15H,9-12H2,1-3H3/t13-,15-/m0/s1. The fraction of sp³-hybridized carbons (Fsp3) is 0.529. The molecule has 0 aliphatic carbocycles. The average molecular weight is 308 g/mol. The number of hydrogen-bond acceptors (Lipinski definition) is 5. The van der Waals surface area contributed by atoms with Crippen LogP contribution in [0.3, 0.4) is 0 Å². The molecule has 1 aromatic carbocycles. The summed E-state index contributed by atoms with van der Waals surface area (Å²) in [5, 5.41) is 0. The Labute approximate surface area is 131 Å². The van der Waals surface area contributed by atoms with E-state index < -0.39 is 11.9 Å². The third kappa shape index (κ3) is 6.37. The summed E-state index contributed by atoms with van der Waals surface area (Å²) in [7, 11) is 3.05. The number of methoxy groups -OCH3 is 2. The first-order chi connectivity index (χ1) is 10.6. The monoisotopic (exact) mass is 308 g/mol. The summed E-state index contributed by atoms with van der Waals surface area (Å²) in [6.07, 6.45) is 0.103. The quantitative estimate of drug-likeness (QED) is 0.620. The lowest BCUT2D eigenvalue weighted by molar-refractivity contribution is -0.153. The maximum atomic E-state index is 12.1. The van der Waals surface area contributed by atoms with Crippen LogP contribution in [0.1, 0.15) is 18.9 Å². The molecule has 0 fully saturated rings. The van der Waals surface area contributed by atoms with Crippen molar-refractivity contribution in [1.29, 1.82) is 0 Å². The molecule has 0 amide bonds. The third-order valence-electron chi connectivity index (χ3n) is 3.34. The summed E-state index contributed by atoms with van der Waals surface area (Å²) in [4.78, 5) is 24.2. The van der Waals surface area contributed by atoms with E-state index in [1.54, 1.807) is 14.0 Å². The molecular formula is C17H24O5. The Morgan fingerprint density at radius 2 is 1.68 bits per heavy atom. The largest absolute Gasteiger partial charge is 0.461 e. The van der Waals surface area contributed by atoms with Crippen LogP contribution in [0.5, 0.6) is 0 Å². The highest BCUT2D eigenvalue weighted by Crippen LogP contribution is 2.13. The second-order valence-corrected chi connectivity index (χ2v) is 5.27. The number of carbonyl (C=O) groups excluding carboxylic acids is 2. The van der Waals surface area contributed by atoms with Gasteiger partial charge in [0, 0.05) is 26.6 Å². The van der Waals surface area contributed by atoms with Crippen molar-refractivity contribution in [3.05, 3.63) is 35.9 Å². The molecule has 0 aromatic heterocycles. The lowest BCUT2D eigenvalue weighted by atomic mass is 9.96. The average Bonchev–Trinajstić information content (AvgIpc) is 2.53. The zero-order valence-corrected chi connectivity index (χ0v) is 13.4. The Kier molecular flexibility index (Phi) is 8.40. The van der Waals surface area contributed by atoms with E-state index in [9.17, 15) is 9.59 Å². The van der Waals surface area contributed by atoms with Crippen molar-refractivity contribution in [2.24, 2.45) is 11.8 Å². The molecule has 5 heteroatoms. The number of Topliss-reactive ketones (excluding diaryl/α,β-unsaturated/α-hetero) is 1. The highest BCUT2D eigenvalue weighted by atomic mass is 16.5. The molecule has 0 saturated heterocycles. The highest BCUT2D eigenvalue weighted by molar-refractivity contribution is 5.86. The molecule has 0 bridgehead atoms. The van der Waals surface area contributed by atoms with Crippen LogP contribution in [0.15, 0.2) is 30.3 Å². The van der Waals surface area contributed by atoms with E-state index in [-0.39, 0.29) is 31.3 Å². The number of ketones is 1. The summed E-state index contributed by atoms with van der Waals surface area (Å²) in [5.41, 5.74) is 0.908. The minimum Gasteiger partial charge on any atom is -0.461 e. The Bertz CT molecular complexity index is 457. The van der Waals surface area contributed by atoms with Gasteiger partial charge in [-0.2, -0.15) is 0 Å². The molecule has 22 heavy (non-hydrogen) atoms. The van der Waals surface area contributed by atoms with Crippen molar-refractivity contribution in [1.82, 2.24) is 0 Å². The Balaban J connectivity index is 2.54. The highest BCUT2D eigenvalue weighted by Gasteiger charge is 2.26. The van der Waals surface area contributed by atoms with Gasteiger partial charge in [-0.3, -0.25) is 9.59 Å². The number of hydrogen-bond donors (Lipinski definition) is 0. The normalized spacial score (nSPS) is 13.4. The Morgan fingerprint density at radius 3 is 2.27 bits per heavy atom. The van der Waals surface area contributed by atoms with Gasteiger partial charge < -0.3 is 14.2 Å². The first-order valence-electron chi connectivity index (χ1n) is 7.29. The van der Waals surface area contributed by atoms with Crippen molar-refractivity contribution in [2.45, 2.75) is 20.0 Å². The molecule has 2 atom stereocenters. The van der Waals surface area contributed by atoms with E-state index in [1.807, 2.05) is 30.3 Å². The smallest absolute Gasteiger partial charge is 0.312 e. The molecule has 1 rings (SSSR count). The first-order valence-corrected chi connectivity index (χ1v) is 7.29. The van der Waals surface area contributed by atoms with E-state index in [0.717, 1.165) is 5.56 Å². The fourth-order valence-corrected chi connectivity index (χ4v) is 2.05. The van der Waals surface area contributed by atoms with Crippen LogP contribution in [0.25, 0.3) is 0 Å². The number of carbonyl (C=O) groups is 2.